The monoisotopic (exact) mass is 336 g/mol. The molecule has 0 radical (unpaired) electrons. The van der Waals surface area contributed by atoms with Crippen LogP contribution in [0, 0.1) is 0 Å². The number of benzene rings is 2. The molecule has 2 aromatic carbocycles. The van der Waals surface area contributed by atoms with Gasteiger partial charge < -0.3 is 15.7 Å². The van der Waals surface area contributed by atoms with E-state index in [4.69, 9.17) is 5.11 Å². The molecule has 1 atom stereocenters. The van der Waals surface area contributed by atoms with Crippen LogP contribution >= 0.6 is 15.9 Å². The second-order valence-corrected chi connectivity index (χ2v) is 5.15. The number of carboxylic acid groups (broad SMARTS) is 1. The van der Waals surface area contributed by atoms with Gasteiger partial charge in [-0.1, -0.05) is 40.2 Å². The summed E-state index contributed by atoms with van der Waals surface area (Å²) in [4.78, 5) is 22.5. The number of fused-ring (bicyclic) bond motifs is 1. The van der Waals surface area contributed by atoms with Crippen LogP contribution in [0.5, 0.6) is 0 Å². The molecule has 2 aromatic rings. The minimum absolute atomic E-state index is 0.549. The summed E-state index contributed by atoms with van der Waals surface area (Å²) in [6.45, 7) is 1.40. The summed E-state index contributed by atoms with van der Waals surface area (Å²) >= 11 is 3.45. The summed E-state index contributed by atoms with van der Waals surface area (Å²) in [6, 6.07) is 9.69. The molecule has 0 aliphatic rings. The van der Waals surface area contributed by atoms with Crippen molar-refractivity contribution in [3.8, 4) is 0 Å². The third-order valence-corrected chi connectivity index (χ3v) is 3.53. The van der Waals surface area contributed by atoms with Gasteiger partial charge in [0.05, 0.1) is 5.69 Å². The number of rotatable bonds is 3. The maximum Gasteiger partial charge on any atom is 0.325 e. The van der Waals surface area contributed by atoms with E-state index in [9.17, 15) is 9.59 Å². The summed E-state index contributed by atoms with van der Waals surface area (Å²) in [5, 5.41) is 15.6. The van der Waals surface area contributed by atoms with Crippen molar-refractivity contribution in [2.75, 3.05) is 5.32 Å². The number of anilines is 1. The summed E-state index contributed by atoms with van der Waals surface area (Å²) in [6.07, 6.45) is 0. The van der Waals surface area contributed by atoms with E-state index in [0.29, 0.717) is 5.69 Å². The van der Waals surface area contributed by atoms with E-state index in [-0.39, 0.29) is 0 Å². The average Bonchev–Trinajstić information content (AvgIpc) is 2.42. The van der Waals surface area contributed by atoms with Gasteiger partial charge in [-0.2, -0.15) is 0 Å². The molecule has 0 aliphatic heterocycles. The zero-order chi connectivity index (χ0) is 14.7. The number of carbonyl (C=O) groups is 2. The Bertz CT molecular complexity index is 673. The summed E-state index contributed by atoms with van der Waals surface area (Å²) in [7, 11) is 0. The van der Waals surface area contributed by atoms with E-state index in [1.165, 1.54) is 6.92 Å². The maximum absolute atomic E-state index is 11.8. The third-order valence-electron chi connectivity index (χ3n) is 2.84. The van der Waals surface area contributed by atoms with Crippen LogP contribution in [0.1, 0.15) is 6.92 Å². The standard InChI is InChI=1S/C14H13BrN2O3/c1-8(13(18)19)16-14(20)17-12-7-6-11(15)9-4-2-3-5-10(9)12/h2-8H,1H3,(H,18,19)(H2,16,17,20)/t8-/m1/s1. The fourth-order valence-electron chi connectivity index (χ4n) is 1.79. The molecule has 0 bridgehead atoms. The van der Waals surface area contributed by atoms with Gasteiger partial charge in [-0.05, 0) is 24.4 Å². The van der Waals surface area contributed by atoms with E-state index < -0.39 is 18.0 Å². The number of hydrogen-bond acceptors (Lipinski definition) is 2. The fraction of sp³-hybridized carbons (Fsp3) is 0.143. The van der Waals surface area contributed by atoms with Gasteiger partial charge in [-0.25, -0.2) is 4.79 Å². The molecular weight excluding hydrogens is 324 g/mol. The first-order valence-corrected chi connectivity index (χ1v) is 6.76. The number of urea groups is 1. The molecule has 20 heavy (non-hydrogen) atoms. The lowest BCUT2D eigenvalue weighted by atomic mass is 10.1. The highest BCUT2D eigenvalue weighted by molar-refractivity contribution is 9.10. The van der Waals surface area contributed by atoms with Crippen molar-refractivity contribution in [3.05, 3.63) is 40.9 Å². The largest absolute Gasteiger partial charge is 0.480 e. The van der Waals surface area contributed by atoms with Crippen LogP contribution in [0.15, 0.2) is 40.9 Å². The third kappa shape index (κ3) is 3.08. The highest BCUT2D eigenvalue weighted by Gasteiger charge is 2.14. The van der Waals surface area contributed by atoms with Gasteiger partial charge in [0.15, 0.2) is 0 Å². The Morgan fingerprint density at radius 2 is 1.80 bits per heavy atom. The molecule has 2 amide bonds. The number of halogens is 1. The number of nitrogens with one attached hydrogen (secondary N) is 2. The molecule has 3 N–H and O–H groups in total. The molecule has 0 fully saturated rings. The van der Waals surface area contributed by atoms with E-state index in [1.807, 2.05) is 30.3 Å². The Morgan fingerprint density at radius 3 is 2.45 bits per heavy atom. The van der Waals surface area contributed by atoms with Crippen molar-refractivity contribution in [2.45, 2.75) is 13.0 Å². The first kappa shape index (κ1) is 14.3. The Hall–Kier alpha value is -2.08. The predicted octanol–water partition coefficient (Wildman–Crippen LogP) is 3.20. The second kappa shape index (κ2) is 5.92. The van der Waals surface area contributed by atoms with Crippen molar-refractivity contribution in [1.82, 2.24) is 5.32 Å². The first-order valence-electron chi connectivity index (χ1n) is 5.96. The van der Waals surface area contributed by atoms with Gasteiger partial charge in [0.2, 0.25) is 0 Å². The lowest BCUT2D eigenvalue weighted by molar-refractivity contribution is -0.138. The van der Waals surface area contributed by atoms with E-state index >= 15 is 0 Å². The average molecular weight is 337 g/mol. The quantitative estimate of drug-likeness (QED) is 0.805. The van der Waals surface area contributed by atoms with Crippen LogP contribution < -0.4 is 10.6 Å². The Kier molecular flexibility index (Phi) is 4.24. The van der Waals surface area contributed by atoms with Gasteiger partial charge in [0, 0.05) is 9.86 Å². The smallest absolute Gasteiger partial charge is 0.325 e. The van der Waals surface area contributed by atoms with Gasteiger partial charge in [-0.3, -0.25) is 4.79 Å². The maximum atomic E-state index is 11.8. The van der Waals surface area contributed by atoms with Crippen LogP contribution in [0.3, 0.4) is 0 Å². The number of carbonyl (C=O) groups excluding carboxylic acids is 1. The predicted molar refractivity (Wildman–Crippen MR) is 80.9 cm³/mol. The molecule has 0 saturated heterocycles. The van der Waals surface area contributed by atoms with E-state index in [0.717, 1.165) is 15.2 Å². The molecule has 0 aliphatic carbocycles. The van der Waals surface area contributed by atoms with Crippen molar-refractivity contribution < 1.29 is 14.7 Å². The normalized spacial score (nSPS) is 11.9. The number of aliphatic carboxylic acids is 1. The Morgan fingerprint density at radius 1 is 1.15 bits per heavy atom. The molecule has 0 spiro atoms. The molecule has 2 rings (SSSR count). The number of amides is 2. The van der Waals surface area contributed by atoms with Crippen molar-refractivity contribution >= 4 is 44.4 Å². The van der Waals surface area contributed by atoms with E-state index in [2.05, 4.69) is 26.6 Å². The molecule has 104 valence electrons. The molecule has 5 nitrogen and oxygen atoms in total. The highest BCUT2D eigenvalue weighted by atomic mass is 79.9. The zero-order valence-electron chi connectivity index (χ0n) is 10.7. The van der Waals surface area contributed by atoms with Crippen LogP contribution in [0.2, 0.25) is 0 Å². The topological polar surface area (TPSA) is 78.4 Å². The van der Waals surface area contributed by atoms with Crippen molar-refractivity contribution in [2.24, 2.45) is 0 Å². The molecule has 0 unspecified atom stereocenters. The second-order valence-electron chi connectivity index (χ2n) is 4.30. The van der Waals surface area contributed by atoms with Crippen LogP contribution in [-0.2, 0) is 4.79 Å². The molecule has 0 heterocycles. The minimum atomic E-state index is -1.08. The van der Waals surface area contributed by atoms with Crippen LogP contribution in [-0.4, -0.2) is 23.1 Å². The molecular formula is C14H13BrN2O3. The van der Waals surface area contributed by atoms with Gasteiger partial charge in [0.1, 0.15) is 6.04 Å². The van der Waals surface area contributed by atoms with Crippen molar-refractivity contribution in [3.63, 3.8) is 0 Å². The van der Waals surface area contributed by atoms with Gasteiger partial charge in [0.25, 0.3) is 0 Å². The molecule has 0 saturated carbocycles. The minimum Gasteiger partial charge on any atom is -0.480 e. The molecule has 0 aromatic heterocycles. The Balaban J connectivity index is 2.24. The Labute approximate surface area is 124 Å². The van der Waals surface area contributed by atoms with Crippen LogP contribution in [0.25, 0.3) is 10.8 Å². The fourth-order valence-corrected chi connectivity index (χ4v) is 2.27. The molecule has 6 heteroatoms. The van der Waals surface area contributed by atoms with Crippen molar-refractivity contribution in [1.29, 1.82) is 0 Å². The van der Waals surface area contributed by atoms with Gasteiger partial charge >= 0.3 is 12.0 Å². The van der Waals surface area contributed by atoms with E-state index in [1.54, 1.807) is 6.07 Å². The summed E-state index contributed by atoms with van der Waals surface area (Å²) in [5.41, 5.74) is 0.624. The number of hydrogen-bond donors (Lipinski definition) is 3. The summed E-state index contributed by atoms with van der Waals surface area (Å²) in [5.74, 6) is -1.08. The highest BCUT2D eigenvalue weighted by Crippen LogP contribution is 2.29. The van der Waals surface area contributed by atoms with Crippen LogP contribution in [0.4, 0.5) is 10.5 Å². The SMILES string of the molecule is C[C@@H](NC(=O)Nc1ccc(Br)c2ccccc12)C(=O)O. The zero-order valence-corrected chi connectivity index (χ0v) is 12.3. The first-order chi connectivity index (χ1) is 9.49. The number of carboxylic acids is 1. The lowest BCUT2D eigenvalue weighted by Gasteiger charge is -2.13. The van der Waals surface area contributed by atoms with Gasteiger partial charge in [-0.15, -0.1) is 0 Å². The lowest BCUT2D eigenvalue weighted by Crippen LogP contribution is -2.40. The summed E-state index contributed by atoms with van der Waals surface area (Å²) < 4.78 is 0.929.